The van der Waals surface area contributed by atoms with E-state index >= 15 is 0 Å². The van der Waals surface area contributed by atoms with E-state index in [0.717, 1.165) is 6.42 Å². The monoisotopic (exact) mass is 172 g/mol. The van der Waals surface area contributed by atoms with Crippen molar-refractivity contribution in [3.8, 4) is 0 Å². The lowest BCUT2D eigenvalue weighted by atomic mass is 10.2. The Labute approximate surface area is 70.7 Å². The van der Waals surface area contributed by atoms with Gasteiger partial charge in [-0.15, -0.1) is 0 Å². The van der Waals surface area contributed by atoms with Gasteiger partial charge in [0.15, 0.2) is 0 Å². The molecular formula is C8H12O2S. The minimum atomic E-state index is -0.794. The molecule has 0 aliphatic carbocycles. The molecule has 0 aromatic heterocycles. The van der Waals surface area contributed by atoms with Crippen LogP contribution in [-0.2, 0) is 4.79 Å². The summed E-state index contributed by atoms with van der Waals surface area (Å²) in [5.41, 5.74) is 0.476. The van der Waals surface area contributed by atoms with Crippen LogP contribution in [0.3, 0.4) is 0 Å². The average molecular weight is 172 g/mol. The van der Waals surface area contributed by atoms with Gasteiger partial charge in [0.05, 0.1) is 0 Å². The van der Waals surface area contributed by atoms with E-state index in [1.54, 1.807) is 6.92 Å². The molecule has 2 nitrogen and oxygen atoms in total. The Morgan fingerprint density at radius 1 is 1.73 bits per heavy atom. The van der Waals surface area contributed by atoms with Crippen LogP contribution in [0.25, 0.3) is 0 Å². The van der Waals surface area contributed by atoms with E-state index < -0.39 is 5.97 Å². The first-order valence-corrected chi connectivity index (χ1v) is 4.78. The Morgan fingerprint density at radius 3 is 2.91 bits per heavy atom. The van der Waals surface area contributed by atoms with Gasteiger partial charge in [0.2, 0.25) is 0 Å². The van der Waals surface area contributed by atoms with Gasteiger partial charge in [-0.05, 0) is 25.5 Å². The predicted octanol–water partition coefficient (Wildman–Crippen LogP) is 1.91. The maximum Gasteiger partial charge on any atom is 0.330 e. The lowest BCUT2D eigenvalue weighted by Crippen LogP contribution is -2.00. The molecule has 1 aliphatic heterocycles. The minimum absolute atomic E-state index is 0.450. The fraction of sp³-hybridized carbons (Fsp3) is 0.625. The number of carboxylic acid groups (broad SMARTS) is 1. The maximum absolute atomic E-state index is 10.4. The van der Waals surface area contributed by atoms with Crippen LogP contribution >= 0.6 is 11.8 Å². The third-order valence-corrected chi connectivity index (χ3v) is 3.06. The molecule has 1 N–H and O–H groups in total. The predicted molar refractivity (Wildman–Crippen MR) is 46.9 cm³/mol. The van der Waals surface area contributed by atoms with E-state index in [0.29, 0.717) is 10.8 Å². The summed E-state index contributed by atoms with van der Waals surface area (Å²) in [4.78, 5) is 10.4. The van der Waals surface area contributed by atoms with Gasteiger partial charge in [-0.2, -0.15) is 11.8 Å². The van der Waals surface area contributed by atoms with Gasteiger partial charge >= 0.3 is 5.97 Å². The highest BCUT2D eigenvalue weighted by Crippen LogP contribution is 2.27. The quantitative estimate of drug-likeness (QED) is 0.646. The Kier molecular flexibility index (Phi) is 3.00. The molecule has 0 amide bonds. The first-order chi connectivity index (χ1) is 5.20. The topological polar surface area (TPSA) is 37.3 Å². The second kappa shape index (κ2) is 3.81. The van der Waals surface area contributed by atoms with E-state index in [1.807, 2.05) is 17.8 Å². The van der Waals surface area contributed by atoms with Crippen molar-refractivity contribution in [1.29, 1.82) is 0 Å². The number of thioether (sulfide) groups is 1. The van der Waals surface area contributed by atoms with Crippen molar-refractivity contribution in [2.75, 3.05) is 5.75 Å². The smallest absolute Gasteiger partial charge is 0.330 e. The Bertz CT molecular complexity index is 181. The molecule has 1 unspecified atom stereocenters. The lowest BCUT2D eigenvalue weighted by Gasteiger charge is -2.00. The molecule has 0 spiro atoms. The summed E-state index contributed by atoms with van der Waals surface area (Å²) in [7, 11) is 0. The van der Waals surface area contributed by atoms with Crippen molar-refractivity contribution in [1.82, 2.24) is 0 Å². The van der Waals surface area contributed by atoms with Crippen LogP contribution in [-0.4, -0.2) is 22.1 Å². The molecule has 1 fully saturated rings. The van der Waals surface area contributed by atoms with Crippen molar-refractivity contribution in [2.24, 2.45) is 0 Å². The van der Waals surface area contributed by atoms with E-state index in [4.69, 9.17) is 5.11 Å². The van der Waals surface area contributed by atoms with Gasteiger partial charge in [-0.1, -0.05) is 6.08 Å². The summed E-state index contributed by atoms with van der Waals surface area (Å²) in [6.07, 6.45) is 4.22. The van der Waals surface area contributed by atoms with Crippen molar-refractivity contribution < 1.29 is 9.90 Å². The molecule has 0 aromatic rings. The van der Waals surface area contributed by atoms with Crippen LogP contribution in [0.15, 0.2) is 11.6 Å². The molecule has 0 aromatic carbocycles. The summed E-state index contributed by atoms with van der Waals surface area (Å²) >= 11 is 1.85. The van der Waals surface area contributed by atoms with Crippen molar-refractivity contribution in [3.05, 3.63) is 11.6 Å². The number of carbonyl (C=O) groups is 1. The zero-order valence-electron chi connectivity index (χ0n) is 6.54. The molecule has 1 aliphatic rings. The van der Waals surface area contributed by atoms with Crippen molar-refractivity contribution >= 4 is 17.7 Å². The van der Waals surface area contributed by atoms with Crippen LogP contribution < -0.4 is 0 Å². The molecule has 11 heavy (non-hydrogen) atoms. The Balaban J connectivity index is 2.49. The van der Waals surface area contributed by atoms with E-state index in [-0.39, 0.29) is 0 Å². The zero-order chi connectivity index (χ0) is 8.27. The third kappa shape index (κ3) is 2.58. The summed E-state index contributed by atoms with van der Waals surface area (Å²) in [5.74, 6) is 0.381. The summed E-state index contributed by atoms with van der Waals surface area (Å²) in [5, 5.41) is 9.01. The highest BCUT2D eigenvalue weighted by atomic mass is 32.2. The Morgan fingerprint density at radius 2 is 2.45 bits per heavy atom. The molecule has 0 radical (unpaired) electrons. The standard InChI is InChI=1S/C8H12O2S/c1-6(8(9)10)5-7-3-2-4-11-7/h5,7H,2-4H2,1H3,(H,9,10). The SMILES string of the molecule is CC(=CC1CCCS1)C(=O)O. The van der Waals surface area contributed by atoms with Crippen LogP contribution in [0.1, 0.15) is 19.8 Å². The van der Waals surface area contributed by atoms with Gasteiger partial charge < -0.3 is 5.11 Å². The molecular weight excluding hydrogens is 160 g/mol. The van der Waals surface area contributed by atoms with Gasteiger partial charge in [0.25, 0.3) is 0 Å². The summed E-state index contributed by atoms with van der Waals surface area (Å²) in [6.45, 7) is 1.65. The fourth-order valence-electron chi connectivity index (χ4n) is 1.08. The number of carboxylic acids is 1. The number of hydrogen-bond donors (Lipinski definition) is 1. The van der Waals surface area contributed by atoms with E-state index in [9.17, 15) is 4.79 Å². The van der Waals surface area contributed by atoms with Gasteiger partial charge in [-0.25, -0.2) is 4.79 Å². The van der Waals surface area contributed by atoms with Crippen LogP contribution in [0.2, 0.25) is 0 Å². The molecule has 0 saturated carbocycles. The highest BCUT2D eigenvalue weighted by Gasteiger charge is 2.14. The van der Waals surface area contributed by atoms with E-state index in [2.05, 4.69) is 0 Å². The lowest BCUT2D eigenvalue weighted by molar-refractivity contribution is -0.132. The highest BCUT2D eigenvalue weighted by molar-refractivity contribution is 8.00. The molecule has 1 saturated heterocycles. The zero-order valence-corrected chi connectivity index (χ0v) is 7.36. The molecule has 1 atom stereocenters. The first-order valence-electron chi connectivity index (χ1n) is 3.73. The average Bonchev–Trinajstić information content (AvgIpc) is 2.39. The normalized spacial score (nSPS) is 25.5. The maximum atomic E-state index is 10.4. The fourth-order valence-corrected chi connectivity index (χ4v) is 2.35. The van der Waals surface area contributed by atoms with Crippen molar-refractivity contribution in [2.45, 2.75) is 25.0 Å². The third-order valence-electron chi connectivity index (χ3n) is 1.74. The van der Waals surface area contributed by atoms with Crippen molar-refractivity contribution in [3.63, 3.8) is 0 Å². The summed E-state index contributed by atoms with van der Waals surface area (Å²) < 4.78 is 0. The second-order valence-electron chi connectivity index (χ2n) is 2.71. The minimum Gasteiger partial charge on any atom is -0.478 e. The molecule has 3 heteroatoms. The first kappa shape index (κ1) is 8.65. The molecule has 62 valence electrons. The van der Waals surface area contributed by atoms with Crippen LogP contribution in [0, 0.1) is 0 Å². The number of rotatable bonds is 2. The number of hydrogen-bond acceptors (Lipinski definition) is 2. The molecule has 1 heterocycles. The largest absolute Gasteiger partial charge is 0.478 e. The van der Waals surface area contributed by atoms with Crippen LogP contribution in [0.5, 0.6) is 0 Å². The summed E-state index contributed by atoms with van der Waals surface area (Å²) in [6, 6.07) is 0. The van der Waals surface area contributed by atoms with Crippen LogP contribution in [0.4, 0.5) is 0 Å². The van der Waals surface area contributed by atoms with Gasteiger partial charge in [0, 0.05) is 10.8 Å². The molecule has 1 rings (SSSR count). The Hall–Kier alpha value is -0.440. The van der Waals surface area contributed by atoms with Gasteiger partial charge in [0.1, 0.15) is 0 Å². The second-order valence-corrected chi connectivity index (χ2v) is 4.05. The molecule has 0 bridgehead atoms. The van der Waals surface area contributed by atoms with Gasteiger partial charge in [-0.3, -0.25) is 0 Å². The number of aliphatic carboxylic acids is 1. The van der Waals surface area contributed by atoms with E-state index in [1.165, 1.54) is 12.2 Å².